The van der Waals surface area contributed by atoms with Gasteiger partial charge in [-0.25, -0.2) is 0 Å². The fourth-order valence-electron chi connectivity index (χ4n) is 3.55. The Hall–Kier alpha value is -3.90. The molecular formula is C26H22ClN3O3. The number of nitrogens with one attached hydrogen (secondary N) is 1. The zero-order valence-electron chi connectivity index (χ0n) is 18.0. The molecule has 3 aromatic rings. The maximum absolute atomic E-state index is 12.8. The summed E-state index contributed by atoms with van der Waals surface area (Å²) in [5.41, 5.74) is 2.89. The largest absolute Gasteiger partial charge is 0.350 e. The number of rotatable bonds is 7. The van der Waals surface area contributed by atoms with Crippen molar-refractivity contribution < 1.29 is 14.4 Å². The van der Waals surface area contributed by atoms with Gasteiger partial charge in [0.15, 0.2) is 0 Å². The highest BCUT2D eigenvalue weighted by Crippen LogP contribution is 2.26. The Morgan fingerprint density at radius 2 is 1.48 bits per heavy atom. The molecule has 4 rings (SSSR count). The Balaban J connectivity index is 1.42. The van der Waals surface area contributed by atoms with Crippen molar-refractivity contribution in [3.05, 3.63) is 107 Å². The Morgan fingerprint density at radius 3 is 2.12 bits per heavy atom. The molecule has 0 radical (unpaired) electrons. The summed E-state index contributed by atoms with van der Waals surface area (Å²) in [5.74, 6) is -1.15. The van der Waals surface area contributed by atoms with Gasteiger partial charge in [-0.2, -0.15) is 0 Å². The lowest BCUT2D eigenvalue weighted by molar-refractivity contribution is -0.137. The zero-order valence-corrected chi connectivity index (χ0v) is 18.8. The maximum Gasteiger partial charge on any atom is 0.278 e. The van der Waals surface area contributed by atoms with Crippen LogP contribution in [0.3, 0.4) is 0 Å². The van der Waals surface area contributed by atoms with Crippen molar-refractivity contribution in [1.82, 2.24) is 4.90 Å². The number of hydrogen-bond donors (Lipinski definition) is 1. The number of anilines is 2. The standard InChI is InChI=1S/C26H22ClN3O3/c1-29(21-10-6-3-7-11-21)24(31)19-12-14-20(15-13-19)28-23-22(27)25(32)30(26(23)33)17-16-18-8-4-2-5-9-18/h2-15,28H,16-17H2,1H3. The quantitative estimate of drug-likeness (QED) is 0.530. The van der Waals surface area contributed by atoms with Crippen LogP contribution in [-0.4, -0.2) is 36.2 Å². The van der Waals surface area contributed by atoms with E-state index in [1.165, 1.54) is 0 Å². The summed E-state index contributed by atoms with van der Waals surface area (Å²) < 4.78 is 0. The smallest absolute Gasteiger partial charge is 0.278 e. The molecule has 1 N–H and O–H groups in total. The van der Waals surface area contributed by atoms with Crippen molar-refractivity contribution in [2.75, 3.05) is 23.8 Å². The van der Waals surface area contributed by atoms with Crippen LogP contribution in [-0.2, 0) is 16.0 Å². The molecule has 0 aliphatic carbocycles. The van der Waals surface area contributed by atoms with Crippen LogP contribution in [0.5, 0.6) is 0 Å². The first-order valence-corrected chi connectivity index (χ1v) is 10.8. The van der Waals surface area contributed by atoms with E-state index in [0.717, 1.165) is 16.2 Å². The lowest BCUT2D eigenvalue weighted by atomic mass is 10.1. The lowest BCUT2D eigenvalue weighted by Gasteiger charge is -2.17. The summed E-state index contributed by atoms with van der Waals surface area (Å²) in [7, 11) is 1.71. The Kier molecular flexibility index (Phi) is 6.56. The van der Waals surface area contributed by atoms with Crippen LogP contribution >= 0.6 is 11.6 Å². The number of nitrogens with zero attached hydrogens (tertiary/aromatic N) is 2. The number of benzene rings is 3. The second-order valence-electron chi connectivity index (χ2n) is 7.59. The number of halogens is 1. The first-order chi connectivity index (χ1) is 16.0. The molecule has 0 bridgehead atoms. The van der Waals surface area contributed by atoms with Crippen LogP contribution in [0.15, 0.2) is 95.7 Å². The number of carbonyl (C=O) groups is 3. The van der Waals surface area contributed by atoms with Crippen LogP contribution in [0.1, 0.15) is 15.9 Å². The van der Waals surface area contributed by atoms with Crippen molar-refractivity contribution >= 4 is 40.7 Å². The molecule has 0 fully saturated rings. The van der Waals surface area contributed by atoms with Gasteiger partial charge in [0.05, 0.1) is 0 Å². The van der Waals surface area contributed by atoms with E-state index in [1.807, 2.05) is 60.7 Å². The number of amides is 3. The number of hydrogen-bond acceptors (Lipinski definition) is 4. The lowest BCUT2D eigenvalue weighted by Crippen LogP contribution is -2.34. The van der Waals surface area contributed by atoms with Crippen LogP contribution in [0.2, 0.25) is 0 Å². The molecule has 7 heteroatoms. The second-order valence-corrected chi connectivity index (χ2v) is 7.97. The molecule has 1 aliphatic rings. The molecule has 3 aromatic carbocycles. The van der Waals surface area contributed by atoms with Gasteiger partial charge in [0.25, 0.3) is 17.7 Å². The molecular weight excluding hydrogens is 438 g/mol. The second kappa shape index (κ2) is 9.71. The Labute approximate surface area is 197 Å². The first kappa shape index (κ1) is 22.3. The molecule has 0 saturated heterocycles. The van der Waals surface area contributed by atoms with Crippen molar-refractivity contribution in [3.8, 4) is 0 Å². The van der Waals surface area contributed by atoms with Crippen molar-refractivity contribution in [1.29, 1.82) is 0 Å². The zero-order chi connectivity index (χ0) is 23.4. The number of imide groups is 1. The van der Waals surface area contributed by atoms with Gasteiger partial charge in [0.2, 0.25) is 0 Å². The van der Waals surface area contributed by atoms with Gasteiger partial charge in [-0.15, -0.1) is 0 Å². The fraction of sp³-hybridized carbons (Fsp3) is 0.115. The third kappa shape index (κ3) is 4.81. The average molecular weight is 460 g/mol. The van der Waals surface area contributed by atoms with Gasteiger partial charge in [0, 0.05) is 30.5 Å². The van der Waals surface area contributed by atoms with Crippen molar-refractivity contribution in [2.45, 2.75) is 6.42 Å². The molecule has 3 amide bonds. The van der Waals surface area contributed by atoms with Crippen molar-refractivity contribution in [3.63, 3.8) is 0 Å². The van der Waals surface area contributed by atoms with E-state index in [0.29, 0.717) is 17.7 Å². The summed E-state index contributed by atoms with van der Waals surface area (Å²) in [6, 6.07) is 25.6. The minimum absolute atomic E-state index is 0.0372. The average Bonchev–Trinajstić information content (AvgIpc) is 3.06. The summed E-state index contributed by atoms with van der Waals surface area (Å²) in [5, 5.41) is 2.80. The van der Waals surface area contributed by atoms with Gasteiger partial charge < -0.3 is 10.2 Å². The number of carbonyl (C=O) groups excluding carboxylic acids is 3. The highest BCUT2D eigenvalue weighted by molar-refractivity contribution is 6.48. The minimum atomic E-state index is -0.517. The fourth-order valence-corrected chi connectivity index (χ4v) is 3.78. The van der Waals surface area contributed by atoms with Gasteiger partial charge in [0.1, 0.15) is 10.7 Å². The maximum atomic E-state index is 12.8. The van der Waals surface area contributed by atoms with E-state index in [4.69, 9.17) is 11.6 Å². The van der Waals surface area contributed by atoms with E-state index in [1.54, 1.807) is 36.2 Å². The summed E-state index contributed by atoms with van der Waals surface area (Å²) in [6.45, 7) is 0.238. The topological polar surface area (TPSA) is 69.7 Å². The number of para-hydroxylation sites is 1. The highest BCUT2D eigenvalue weighted by atomic mass is 35.5. The Morgan fingerprint density at radius 1 is 0.879 bits per heavy atom. The van der Waals surface area contributed by atoms with E-state index in [9.17, 15) is 14.4 Å². The molecule has 0 unspecified atom stereocenters. The first-order valence-electron chi connectivity index (χ1n) is 10.5. The normalized spacial score (nSPS) is 13.5. The van der Waals surface area contributed by atoms with Crippen molar-refractivity contribution in [2.24, 2.45) is 0 Å². The van der Waals surface area contributed by atoms with Crippen LogP contribution < -0.4 is 10.2 Å². The summed E-state index contributed by atoms with van der Waals surface area (Å²) in [4.78, 5) is 40.8. The predicted molar refractivity (Wildman–Crippen MR) is 129 cm³/mol. The van der Waals surface area contributed by atoms with Gasteiger partial charge in [-0.3, -0.25) is 19.3 Å². The highest BCUT2D eigenvalue weighted by Gasteiger charge is 2.37. The predicted octanol–water partition coefficient (Wildman–Crippen LogP) is 4.44. The molecule has 1 heterocycles. The van der Waals surface area contributed by atoms with Gasteiger partial charge >= 0.3 is 0 Å². The third-order valence-electron chi connectivity index (χ3n) is 5.43. The van der Waals surface area contributed by atoms with Crippen LogP contribution in [0.25, 0.3) is 0 Å². The third-order valence-corrected chi connectivity index (χ3v) is 5.78. The van der Waals surface area contributed by atoms with Crippen LogP contribution in [0.4, 0.5) is 11.4 Å². The van der Waals surface area contributed by atoms with E-state index >= 15 is 0 Å². The molecule has 0 spiro atoms. The van der Waals surface area contributed by atoms with E-state index in [-0.39, 0.29) is 23.2 Å². The Bertz CT molecular complexity index is 1210. The van der Waals surface area contributed by atoms with Crippen LogP contribution in [0, 0.1) is 0 Å². The molecule has 0 atom stereocenters. The summed E-state index contributed by atoms with van der Waals surface area (Å²) >= 11 is 6.19. The minimum Gasteiger partial charge on any atom is -0.350 e. The molecule has 0 aromatic heterocycles. The molecule has 33 heavy (non-hydrogen) atoms. The molecule has 0 saturated carbocycles. The SMILES string of the molecule is CN(C(=O)c1ccc(NC2=C(Cl)C(=O)N(CCc3ccccc3)C2=O)cc1)c1ccccc1. The van der Waals surface area contributed by atoms with E-state index < -0.39 is 11.8 Å². The monoisotopic (exact) mass is 459 g/mol. The molecule has 6 nitrogen and oxygen atoms in total. The molecule has 166 valence electrons. The van der Waals surface area contributed by atoms with E-state index in [2.05, 4.69) is 5.32 Å². The molecule has 1 aliphatic heterocycles. The summed E-state index contributed by atoms with van der Waals surface area (Å²) in [6.07, 6.45) is 0.543. The van der Waals surface area contributed by atoms with Gasteiger partial charge in [-0.05, 0) is 48.4 Å². The van der Waals surface area contributed by atoms with Gasteiger partial charge in [-0.1, -0.05) is 60.1 Å².